The average Bonchev–Trinajstić information content (AvgIpc) is 3.16. The van der Waals surface area contributed by atoms with Crippen LogP contribution in [0.4, 0.5) is 5.95 Å². The SMILES string of the molecule is Cc1ccc([C@H]2CC(=O)C3=C(C2)Nc2ncnn2[C@@H]3c2ccc(Cl)cc2)cc1. The van der Waals surface area contributed by atoms with E-state index in [-0.39, 0.29) is 17.7 Å². The molecule has 0 spiro atoms. The summed E-state index contributed by atoms with van der Waals surface area (Å²) in [5.41, 5.74) is 5.12. The highest BCUT2D eigenvalue weighted by Gasteiger charge is 2.39. The van der Waals surface area contributed by atoms with Crippen molar-refractivity contribution in [2.75, 3.05) is 5.32 Å². The Morgan fingerprint density at radius 2 is 1.75 bits per heavy atom. The minimum absolute atomic E-state index is 0.153. The van der Waals surface area contributed by atoms with Crippen LogP contribution < -0.4 is 5.32 Å². The highest BCUT2D eigenvalue weighted by molar-refractivity contribution is 6.30. The molecule has 0 saturated heterocycles. The molecule has 2 atom stereocenters. The van der Waals surface area contributed by atoms with Gasteiger partial charge in [-0.05, 0) is 42.5 Å². The van der Waals surface area contributed by atoms with Gasteiger partial charge >= 0.3 is 0 Å². The Kier molecular flexibility index (Phi) is 4.05. The topological polar surface area (TPSA) is 59.8 Å². The Morgan fingerprint density at radius 3 is 2.50 bits per heavy atom. The number of halogens is 1. The summed E-state index contributed by atoms with van der Waals surface area (Å²) in [6.45, 7) is 2.07. The van der Waals surface area contributed by atoms with Crippen LogP contribution in [0.25, 0.3) is 0 Å². The lowest BCUT2D eigenvalue weighted by Crippen LogP contribution is -2.33. The zero-order valence-corrected chi connectivity index (χ0v) is 16.1. The molecule has 0 fully saturated rings. The van der Waals surface area contributed by atoms with Gasteiger partial charge in [0.05, 0.1) is 0 Å². The smallest absolute Gasteiger partial charge is 0.226 e. The van der Waals surface area contributed by atoms with Crippen LogP contribution in [-0.4, -0.2) is 20.5 Å². The minimum Gasteiger partial charge on any atom is -0.328 e. The number of rotatable bonds is 2. The number of carbonyl (C=O) groups is 1. The molecule has 140 valence electrons. The van der Waals surface area contributed by atoms with Crippen LogP contribution >= 0.6 is 11.6 Å². The van der Waals surface area contributed by atoms with E-state index in [0.29, 0.717) is 17.4 Å². The van der Waals surface area contributed by atoms with Crippen LogP contribution in [0.3, 0.4) is 0 Å². The third kappa shape index (κ3) is 2.83. The highest BCUT2D eigenvalue weighted by Crippen LogP contribution is 2.43. The Morgan fingerprint density at radius 1 is 1.04 bits per heavy atom. The van der Waals surface area contributed by atoms with Gasteiger partial charge in [0.2, 0.25) is 5.95 Å². The maximum absolute atomic E-state index is 13.3. The molecule has 2 heterocycles. The van der Waals surface area contributed by atoms with E-state index < -0.39 is 0 Å². The summed E-state index contributed by atoms with van der Waals surface area (Å²) in [4.78, 5) is 17.6. The zero-order valence-electron chi connectivity index (χ0n) is 15.4. The van der Waals surface area contributed by atoms with E-state index in [9.17, 15) is 4.79 Å². The van der Waals surface area contributed by atoms with Crippen molar-refractivity contribution in [2.45, 2.75) is 31.7 Å². The molecule has 0 amide bonds. The van der Waals surface area contributed by atoms with Gasteiger partial charge in [0.15, 0.2) is 5.78 Å². The predicted octanol–water partition coefficient (Wildman–Crippen LogP) is 4.66. The van der Waals surface area contributed by atoms with Gasteiger partial charge in [-0.25, -0.2) is 4.68 Å². The Bertz CT molecular complexity index is 1080. The minimum atomic E-state index is -0.280. The van der Waals surface area contributed by atoms with Gasteiger partial charge in [-0.15, -0.1) is 0 Å². The summed E-state index contributed by atoms with van der Waals surface area (Å²) in [6, 6.07) is 15.8. The monoisotopic (exact) mass is 390 g/mol. The molecule has 6 heteroatoms. The molecule has 0 saturated carbocycles. The fourth-order valence-corrected chi connectivity index (χ4v) is 4.31. The Hall–Kier alpha value is -2.92. The molecule has 1 aliphatic heterocycles. The predicted molar refractivity (Wildman–Crippen MR) is 108 cm³/mol. The van der Waals surface area contributed by atoms with E-state index in [2.05, 4.69) is 46.6 Å². The number of fused-ring (bicyclic) bond motifs is 1. The van der Waals surface area contributed by atoms with Crippen LogP contribution in [0.15, 0.2) is 66.1 Å². The van der Waals surface area contributed by atoms with Crippen molar-refractivity contribution in [1.82, 2.24) is 14.8 Å². The lowest BCUT2D eigenvalue weighted by atomic mass is 9.78. The molecule has 28 heavy (non-hydrogen) atoms. The van der Waals surface area contributed by atoms with Crippen LogP contribution in [0.1, 0.15) is 41.5 Å². The summed E-state index contributed by atoms with van der Waals surface area (Å²) in [6.07, 6.45) is 2.80. The number of hydrogen-bond acceptors (Lipinski definition) is 4. The lowest BCUT2D eigenvalue weighted by Gasteiger charge is -2.35. The normalized spacial score (nSPS) is 21.1. The number of Topliss-reactive ketones (excluding diaryl/α,β-unsaturated/α-hetero) is 1. The standard InChI is InChI=1S/C22H19ClN4O/c1-13-2-4-14(5-3-13)16-10-18-20(19(28)11-16)21(15-6-8-17(23)9-7-15)27-22(26-18)24-12-25-27/h2-9,12,16,21H,10-11H2,1H3,(H,24,25,26)/t16-,21-/m1/s1. The van der Waals surface area contributed by atoms with Gasteiger partial charge in [-0.3, -0.25) is 4.79 Å². The molecule has 0 radical (unpaired) electrons. The number of aryl methyl sites for hydroxylation is 1. The summed E-state index contributed by atoms with van der Waals surface area (Å²) in [7, 11) is 0. The average molecular weight is 391 g/mol. The van der Waals surface area contributed by atoms with Crippen LogP contribution in [0.5, 0.6) is 0 Å². The van der Waals surface area contributed by atoms with Gasteiger partial charge in [0.1, 0.15) is 12.4 Å². The number of hydrogen-bond donors (Lipinski definition) is 1. The van der Waals surface area contributed by atoms with Crippen molar-refractivity contribution >= 4 is 23.3 Å². The summed E-state index contributed by atoms with van der Waals surface area (Å²) < 4.78 is 1.78. The summed E-state index contributed by atoms with van der Waals surface area (Å²) in [5.74, 6) is 0.983. The molecule has 2 aliphatic rings. The van der Waals surface area contributed by atoms with Crippen molar-refractivity contribution < 1.29 is 4.79 Å². The van der Waals surface area contributed by atoms with E-state index in [4.69, 9.17) is 11.6 Å². The fourth-order valence-electron chi connectivity index (χ4n) is 4.18. The molecule has 5 nitrogen and oxygen atoms in total. The molecule has 1 N–H and O–H groups in total. The second-order valence-corrected chi connectivity index (χ2v) is 7.87. The molecule has 3 aromatic rings. The van der Waals surface area contributed by atoms with Gasteiger partial charge < -0.3 is 5.32 Å². The second kappa shape index (κ2) is 6.60. The molecule has 0 unspecified atom stereocenters. The molecule has 5 rings (SSSR count). The second-order valence-electron chi connectivity index (χ2n) is 7.44. The van der Waals surface area contributed by atoms with Crippen molar-refractivity contribution in [3.05, 3.63) is 87.8 Å². The number of aromatic nitrogens is 3. The van der Waals surface area contributed by atoms with Crippen molar-refractivity contribution in [3.63, 3.8) is 0 Å². The maximum Gasteiger partial charge on any atom is 0.226 e. The van der Waals surface area contributed by atoms with E-state index in [1.807, 2.05) is 24.3 Å². The third-order valence-electron chi connectivity index (χ3n) is 5.60. The molecule has 2 aromatic carbocycles. The molecular weight excluding hydrogens is 372 g/mol. The molecular formula is C22H19ClN4O. The first kappa shape index (κ1) is 17.2. The number of carbonyl (C=O) groups excluding carboxylic acids is 1. The zero-order chi connectivity index (χ0) is 19.3. The summed E-state index contributed by atoms with van der Waals surface area (Å²) in [5, 5.41) is 8.39. The van der Waals surface area contributed by atoms with Crippen LogP contribution in [-0.2, 0) is 4.79 Å². The van der Waals surface area contributed by atoms with E-state index in [0.717, 1.165) is 23.3 Å². The van der Waals surface area contributed by atoms with Crippen LogP contribution in [0, 0.1) is 6.92 Å². The lowest BCUT2D eigenvalue weighted by molar-refractivity contribution is -0.116. The van der Waals surface area contributed by atoms with Crippen molar-refractivity contribution in [3.8, 4) is 0 Å². The number of nitrogens with one attached hydrogen (secondary N) is 1. The number of ketones is 1. The maximum atomic E-state index is 13.3. The Labute approximate surface area is 168 Å². The van der Waals surface area contributed by atoms with E-state index >= 15 is 0 Å². The summed E-state index contributed by atoms with van der Waals surface area (Å²) >= 11 is 6.07. The van der Waals surface area contributed by atoms with Crippen molar-refractivity contribution in [1.29, 1.82) is 0 Å². The first-order valence-electron chi connectivity index (χ1n) is 9.35. The highest BCUT2D eigenvalue weighted by atomic mass is 35.5. The van der Waals surface area contributed by atoms with Crippen molar-refractivity contribution in [2.24, 2.45) is 0 Å². The first-order chi connectivity index (χ1) is 13.6. The number of benzene rings is 2. The number of nitrogens with zero attached hydrogens (tertiary/aromatic N) is 3. The van der Waals surface area contributed by atoms with E-state index in [1.165, 1.54) is 17.5 Å². The van der Waals surface area contributed by atoms with Gasteiger partial charge in [0.25, 0.3) is 0 Å². The van der Waals surface area contributed by atoms with Gasteiger partial charge in [0, 0.05) is 22.7 Å². The molecule has 0 bridgehead atoms. The number of allylic oxidation sites excluding steroid dienone is 2. The Balaban J connectivity index is 1.58. The van der Waals surface area contributed by atoms with Crippen LogP contribution in [0.2, 0.25) is 5.02 Å². The third-order valence-corrected chi connectivity index (χ3v) is 5.85. The molecule has 1 aliphatic carbocycles. The van der Waals surface area contributed by atoms with Gasteiger partial charge in [-0.1, -0.05) is 53.6 Å². The molecule has 1 aromatic heterocycles. The number of anilines is 1. The quantitative estimate of drug-likeness (QED) is 0.691. The first-order valence-corrected chi connectivity index (χ1v) is 9.73. The van der Waals surface area contributed by atoms with E-state index in [1.54, 1.807) is 4.68 Å². The largest absolute Gasteiger partial charge is 0.328 e. The fraction of sp³-hybridized carbons (Fsp3) is 0.227. The van der Waals surface area contributed by atoms with Gasteiger partial charge in [-0.2, -0.15) is 10.1 Å².